The number of nitrogens with zero attached hydrogens (tertiary/aromatic N) is 5. The first kappa shape index (κ1) is 18.8. The van der Waals surface area contributed by atoms with Gasteiger partial charge in [-0.3, -0.25) is 9.80 Å². The van der Waals surface area contributed by atoms with E-state index in [0.29, 0.717) is 29.0 Å². The number of rotatable bonds is 6. The second kappa shape index (κ2) is 9.10. The van der Waals surface area contributed by atoms with Gasteiger partial charge in [-0.05, 0) is 56.9 Å². The van der Waals surface area contributed by atoms with Gasteiger partial charge in [0.15, 0.2) is 0 Å². The van der Waals surface area contributed by atoms with Gasteiger partial charge in [-0.15, -0.1) is 0 Å². The van der Waals surface area contributed by atoms with Crippen molar-refractivity contribution >= 4 is 11.6 Å². The SMILES string of the molecule is Clc1ncccc1-c1noc(CN2CCC(CCN3CCOCC3)CC2)n1. The number of halogens is 1. The zero-order valence-electron chi connectivity index (χ0n) is 15.5. The lowest BCUT2D eigenvalue weighted by Crippen LogP contribution is -2.39. The van der Waals surface area contributed by atoms with E-state index in [1.54, 1.807) is 6.20 Å². The van der Waals surface area contributed by atoms with Crippen molar-refractivity contribution in [3.05, 3.63) is 29.4 Å². The van der Waals surface area contributed by atoms with Gasteiger partial charge in [0.25, 0.3) is 0 Å². The van der Waals surface area contributed by atoms with Crippen molar-refractivity contribution in [3.8, 4) is 11.4 Å². The van der Waals surface area contributed by atoms with Crippen LogP contribution in [0, 0.1) is 5.92 Å². The molecule has 0 bridgehead atoms. The lowest BCUT2D eigenvalue weighted by molar-refractivity contribution is 0.0333. The Hall–Kier alpha value is -1.54. The van der Waals surface area contributed by atoms with E-state index in [-0.39, 0.29) is 0 Å². The normalized spacial score (nSPS) is 20.2. The van der Waals surface area contributed by atoms with E-state index in [2.05, 4.69) is 24.9 Å². The van der Waals surface area contributed by atoms with Crippen LogP contribution in [0.2, 0.25) is 5.15 Å². The molecular weight excluding hydrogens is 366 g/mol. The molecule has 146 valence electrons. The zero-order valence-corrected chi connectivity index (χ0v) is 16.3. The summed E-state index contributed by atoms with van der Waals surface area (Å²) in [5.74, 6) is 1.96. The average Bonchev–Trinajstić information content (AvgIpc) is 3.17. The van der Waals surface area contributed by atoms with Crippen LogP contribution in [-0.4, -0.2) is 70.9 Å². The number of morpholine rings is 1. The molecule has 2 aromatic heterocycles. The zero-order chi connectivity index (χ0) is 18.5. The summed E-state index contributed by atoms with van der Waals surface area (Å²) in [6.45, 7) is 7.99. The van der Waals surface area contributed by atoms with E-state index in [9.17, 15) is 0 Å². The van der Waals surface area contributed by atoms with Crippen LogP contribution in [0.1, 0.15) is 25.2 Å². The maximum absolute atomic E-state index is 6.11. The fraction of sp³-hybridized carbons (Fsp3) is 0.632. The molecule has 0 saturated carbocycles. The lowest BCUT2D eigenvalue weighted by Gasteiger charge is -2.33. The molecule has 0 N–H and O–H groups in total. The highest BCUT2D eigenvalue weighted by atomic mass is 35.5. The third-order valence-electron chi connectivity index (χ3n) is 5.49. The fourth-order valence-corrected chi connectivity index (χ4v) is 4.00. The summed E-state index contributed by atoms with van der Waals surface area (Å²) < 4.78 is 10.8. The quantitative estimate of drug-likeness (QED) is 0.701. The van der Waals surface area contributed by atoms with Gasteiger partial charge >= 0.3 is 0 Å². The molecule has 2 saturated heterocycles. The fourth-order valence-electron chi connectivity index (χ4n) is 3.80. The first-order valence-electron chi connectivity index (χ1n) is 9.74. The molecule has 4 heterocycles. The molecule has 8 heteroatoms. The van der Waals surface area contributed by atoms with Crippen LogP contribution >= 0.6 is 11.6 Å². The number of likely N-dealkylation sites (tertiary alicyclic amines) is 1. The van der Waals surface area contributed by atoms with Crippen molar-refractivity contribution in [2.75, 3.05) is 45.9 Å². The van der Waals surface area contributed by atoms with Gasteiger partial charge in [-0.1, -0.05) is 16.8 Å². The molecule has 0 spiro atoms. The Morgan fingerprint density at radius 3 is 2.70 bits per heavy atom. The Morgan fingerprint density at radius 2 is 1.93 bits per heavy atom. The largest absolute Gasteiger partial charge is 0.379 e. The van der Waals surface area contributed by atoms with E-state index in [1.165, 1.54) is 25.8 Å². The molecule has 7 nitrogen and oxygen atoms in total. The topological polar surface area (TPSA) is 67.5 Å². The van der Waals surface area contributed by atoms with E-state index >= 15 is 0 Å². The van der Waals surface area contributed by atoms with Crippen molar-refractivity contribution in [2.24, 2.45) is 5.92 Å². The number of pyridine rings is 1. The molecule has 0 radical (unpaired) electrons. The molecule has 0 aliphatic carbocycles. The van der Waals surface area contributed by atoms with Crippen LogP contribution in [0.3, 0.4) is 0 Å². The van der Waals surface area contributed by atoms with Crippen LogP contribution in [-0.2, 0) is 11.3 Å². The summed E-state index contributed by atoms with van der Waals surface area (Å²) >= 11 is 6.11. The van der Waals surface area contributed by atoms with Crippen LogP contribution < -0.4 is 0 Å². The maximum Gasteiger partial charge on any atom is 0.241 e. The van der Waals surface area contributed by atoms with E-state index in [1.807, 2.05) is 12.1 Å². The standard InChI is InChI=1S/C19H26ClN5O2/c20-18-16(2-1-6-21-18)19-22-17(27-23-19)14-25-8-4-15(5-9-25)3-7-24-10-12-26-13-11-24/h1-2,6,15H,3-5,7-14H2. The first-order valence-corrected chi connectivity index (χ1v) is 10.1. The highest BCUT2D eigenvalue weighted by molar-refractivity contribution is 6.31. The van der Waals surface area contributed by atoms with Gasteiger partial charge < -0.3 is 9.26 Å². The van der Waals surface area contributed by atoms with Gasteiger partial charge in [0, 0.05) is 19.3 Å². The summed E-state index contributed by atoms with van der Waals surface area (Å²) in [7, 11) is 0. The van der Waals surface area contributed by atoms with Crippen molar-refractivity contribution in [1.82, 2.24) is 24.9 Å². The van der Waals surface area contributed by atoms with Gasteiger partial charge in [0.2, 0.25) is 11.7 Å². The predicted octanol–water partition coefficient (Wildman–Crippen LogP) is 2.72. The molecule has 0 unspecified atom stereocenters. The summed E-state index contributed by atoms with van der Waals surface area (Å²) in [6, 6.07) is 3.67. The first-order chi connectivity index (χ1) is 13.3. The molecular formula is C19H26ClN5O2. The molecule has 2 aliphatic heterocycles. The van der Waals surface area contributed by atoms with Crippen LogP contribution in [0.15, 0.2) is 22.9 Å². The minimum Gasteiger partial charge on any atom is -0.379 e. The van der Waals surface area contributed by atoms with Crippen molar-refractivity contribution < 1.29 is 9.26 Å². The number of hydrogen-bond donors (Lipinski definition) is 0. The Kier molecular flexibility index (Phi) is 6.34. The Balaban J connectivity index is 1.23. The van der Waals surface area contributed by atoms with Crippen LogP contribution in [0.25, 0.3) is 11.4 Å². The molecule has 2 aromatic rings. The molecule has 4 rings (SSSR count). The number of aromatic nitrogens is 3. The maximum atomic E-state index is 6.11. The Morgan fingerprint density at radius 1 is 1.11 bits per heavy atom. The van der Waals surface area contributed by atoms with E-state index < -0.39 is 0 Å². The molecule has 27 heavy (non-hydrogen) atoms. The highest BCUT2D eigenvalue weighted by Gasteiger charge is 2.22. The van der Waals surface area contributed by atoms with Gasteiger partial charge in [0.05, 0.1) is 25.3 Å². The molecule has 0 aromatic carbocycles. The molecule has 2 fully saturated rings. The van der Waals surface area contributed by atoms with Gasteiger partial charge in [-0.2, -0.15) is 4.98 Å². The summed E-state index contributed by atoms with van der Waals surface area (Å²) in [4.78, 5) is 13.5. The lowest BCUT2D eigenvalue weighted by atomic mass is 9.93. The number of hydrogen-bond acceptors (Lipinski definition) is 7. The monoisotopic (exact) mass is 391 g/mol. The number of piperidine rings is 1. The van der Waals surface area contributed by atoms with Crippen LogP contribution in [0.4, 0.5) is 0 Å². The van der Waals surface area contributed by atoms with Gasteiger partial charge in [-0.25, -0.2) is 4.98 Å². The Bertz CT molecular complexity index is 726. The highest BCUT2D eigenvalue weighted by Crippen LogP contribution is 2.25. The van der Waals surface area contributed by atoms with Crippen molar-refractivity contribution in [1.29, 1.82) is 0 Å². The third kappa shape index (κ3) is 5.04. The van der Waals surface area contributed by atoms with Crippen molar-refractivity contribution in [3.63, 3.8) is 0 Å². The number of ether oxygens (including phenoxy) is 1. The van der Waals surface area contributed by atoms with Crippen molar-refractivity contribution in [2.45, 2.75) is 25.8 Å². The van der Waals surface area contributed by atoms with Crippen LogP contribution in [0.5, 0.6) is 0 Å². The third-order valence-corrected chi connectivity index (χ3v) is 5.79. The molecule has 2 aliphatic rings. The van der Waals surface area contributed by atoms with E-state index in [0.717, 1.165) is 45.3 Å². The second-order valence-corrected chi connectivity index (χ2v) is 7.67. The summed E-state index contributed by atoms with van der Waals surface area (Å²) in [6.07, 6.45) is 5.41. The summed E-state index contributed by atoms with van der Waals surface area (Å²) in [5.41, 5.74) is 0.705. The minimum absolute atomic E-state index is 0.394. The predicted molar refractivity (Wildman–Crippen MR) is 102 cm³/mol. The average molecular weight is 392 g/mol. The van der Waals surface area contributed by atoms with Gasteiger partial charge in [0.1, 0.15) is 5.15 Å². The Labute approximate surface area is 164 Å². The minimum atomic E-state index is 0.394. The van der Waals surface area contributed by atoms with E-state index in [4.69, 9.17) is 20.9 Å². The molecule has 0 atom stereocenters. The smallest absolute Gasteiger partial charge is 0.241 e. The molecule has 0 amide bonds. The second-order valence-electron chi connectivity index (χ2n) is 7.32. The summed E-state index contributed by atoms with van der Waals surface area (Å²) in [5, 5.41) is 4.45.